The first-order valence-electron chi connectivity index (χ1n) is 5.61. The Labute approximate surface area is 119 Å². The largest absolute Gasteiger partial charge is 0.321 e. The van der Waals surface area contributed by atoms with Crippen LogP contribution in [-0.4, -0.2) is 10.9 Å². The lowest BCUT2D eigenvalue weighted by Gasteiger charge is -2.09. The highest BCUT2D eigenvalue weighted by Crippen LogP contribution is 2.26. The van der Waals surface area contributed by atoms with Crippen molar-refractivity contribution < 1.29 is 4.79 Å². The molecule has 0 radical (unpaired) electrons. The molecule has 1 amide bonds. The Morgan fingerprint density at radius 1 is 1.37 bits per heavy atom. The summed E-state index contributed by atoms with van der Waals surface area (Å²) in [7, 11) is 0. The van der Waals surface area contributed by atoms with E-state index < -0.39 is 0 Å². The van der Waals surface area contributed by atoms with Crippen LogP contribution in [0.3, 0.4) is 0 Å². The van der Waals surface area contributed by atoms with E-state index in [1.807, 2.05) is 25.1 Å². The molecule has 0 fully saturated rings. The molecule has 0 unspecified atom stereocenters. The molecule has 2 rings (SSSR count). The van der Waals surface area contributed by atoms with E-state index >= 15 is 0 Å². The van der Waals surface area contributed by atoms with E-state index in [-0.39, 0.29) is 5.91 Å². The molecule has 4 N–H and O–H groups in total. The summed E-state index contributed by atoms with van der Waals surface area (Å²) < 4.78 is 0.870. The highest BCUT2D eigenvalue weighted by atomic mass is 79.9. The van der Waals surface area contributed by atoms with Gasteiger partial charge in [-0.1, -0.05) is 12.1 Å². The summed E-state index contributed by atoms with van der Waals surface area (Å²) in [5, 5.41) is 2.84. The van der Waals surface area contributed by atoms with E-state index in [0.717, 1.165) is 15.7 Å². The van der Waals surface area contributed by atoms with Crippen molar-refractivity contribution in [3.8, 4) is 0 Å². The van der Waals surface area contributed by atoms with Crippen molar-refractivity contribution in [2.24, 2.45) is 5.84 Å². The molecule has 0 saturated carbocycles. The first-order valence-corrected chi connectivity index (χ1v) is 6.40. The van der Waals surface area contributed by atoms with Crippen LogP contribution in [0.25, 0.3) is 0 Å². The first-order chi connectivity index (χ1) is 9.11. The Bertz CT molecular complexity index is 615. The van der Waals surface area contributed by atoms with Gasteiger partial charge in [0.2, 0.25) is 0 Å². The molecule has 98 valence electrons. The molecule has 5 nitrogen and oxygen atoms in total. The fraction of sp³-hybridized carbons (Fsp3) is 0.0769. The van der Waals surface area contributed by atoms with Gasteiger partial charge in [0.05, 0.1) is 5.69 Å². The number of hydrazine groups is 1. The van der Waals surface area contributed by atoms with Gasteiger partial charge in [-0.2, -0.15) is 0 Å². The van der Waals surface area contributed by atoms with Gasteiger partial charge in [-0.3, -0.25) is 4.79 Å². The van der Waals surface area contributed by atoms with Gasteiger partial charge in [-0.25, -0.2) is 10.8 Å². The maximum atomic E-state index is 12.1. The topological polar surface area (TPSA) is 80.0 Å². The van der Waals surface area contributed by atoms with Crippen molar-refractivity contribution in [3.05, 3.63) is 52.1 Å². The Morgan fingerprint density at radius 3 is 2.89 bits per heavy atom. The second kappa shape index (κ2) is 5.81. The molecule has 0 aliphatic rings. The summed E-state index contributed by atoms with van der Waals surface area (Å²) in [4.78, 5) is 16.1. The fourth-order valence-corrected chi connectivity index (χ4v) is 1.95. The lowest BCUT2D eigenvalue weighted by Crippen LogP contribution is -2.14. The number of pyridine rings is 1. The van der Waals surface area contributed by atoms with E-state index in [1.54, 1.807) is 12.1 Å². The number of nitrogen functional groups attached to an aromatic ring is 1. The zero-order chi connectivity index (χ0) is 13.8. The number of hydrogen-bond donors (Lipinski definition) is 3. The number of benzene rings is 1. The zero-order valence-electron chi connectivity index (χ0n) is 10.3. The van der Waals surface area contributed by atoms with Crippen LogP contribution >= 0.6 is 15.9 Å². The summed E-state index contributed by atoms with van der Waals surface area (Å²) in [6.45, 7) is 1.96. The highest BCUT2D eigenvalue weighted by molar-refractivity contribution is 9.10. The quantitative estimate of drug-likeness (QED) is 0.600. The molecule has 0 aliphatic carbocycles. The van der Waals surface area contributed by atoms with Crippen LogP contribution in [0.5, 0.6) is 0 Å². The van der Waals surface area contributed by atoms with E-state index in [4.69, 9.17) is 5.84 Å². The van der Waals surface area contributed by atoms with E-state index in [2.05, 4.69) is 31.7 Å². The van der Waals surface area contributed by atoms with Crippen molar-refractivity contribution in [1.29, 1.82) is 0 Å². The van der Waals surface area contributed by atoms with Crippen molar-refractivity contribution in [1.82, 2.24) is 4.98 Å². The molecule has 0 bridgehead atoms. The predicted molar refractivity (Wildman–Crippen MR) is 78.9 cm³/mol. The van der Waals surface area contributed by atoms with Crippen LogP contribution in [0, 0.1) is 6.92 Å². The molecule has 1 aromatic heterocycles. The molecule has 19 heavy (non-hydrogen) atoms. The lowest BCUT2D eigenvalue weighted by atomic mass is 10.2. The number of carbonyl (C=O) groups is 1. The van der Waals surface area contributed by atoms with Gasteiger partial charge < -0.3 is 10.7 Å². The zero-order valence-corrected chi connectivity index (χ0v) is 11.9. The molecule has 0 spiro atoms. The maximum Gasteiger partial charge on any atom is 0.255 e. The second-order valence-electron chi connectivity index (χ2n) is 3.96. The second-order valence-corrected chi connectivity index (χ2v) is 4.76. The lowest BCUT2D eigenvalue weighted by molar-refractivity contribution is 0.102. The number of amides is 1. The Balaban J connectivity index is 2.23. The van der Waals surface area contributed by atoms with Crippen LogP contribution in [0.1, 0.15) is 15.9 Å². The third-order valence-corrected chi connectivity index (χ3v) is 3.66. The van der Waals surface area contributed by atoms with Gasteiger partial charge in [0.15, 0.2) is 0 Å². The van der Waals surface area contributed by atoms with Gasteiger partial charge in [0.25, 0.3) is 5.91 Å². The third kappa shape index (κ3) is 3.10. The van der Waals surface area contributed by atoms with Crippen molar-refractivity contribution >= 4 is 33.3 Å². The Kier molecular flexibility index (Phi) is 4.13. The van der Waals surface area contributed by atoms with E-state index in [9.17, 15) is 4.79 Å². The summed E-state index contributed by atoms with van der Waals surface area (Å²) in [5.74, 6) is 5.49. The summed E-state index contributed by atoms with van der Waals surface area (Å²) in [5.41, 5.74) is 4.67. The van der Waals surface area contributed by atoms with Crippen LogP contribution < -0.4 is 16.6 Å². The smallest absolute Gasteiger partial charge is 0.255 e. The van der Waals surface area contributed by atoms with Gasteiger partial charge >= 0.3 is 0 Å². The van der Waals surface area contributed by atoms with Crippen LogP contribution in [0.15, 0.2) is 41.0 Å². The van der Waals surface area contributed by atoms with Crippen molar-refractivity contribution in [3.63, 3.8) is 0 Å². The van der Waals surface area contributed by atoms with Crippen molar-refractivity contribution in [2.45, 2.75) is 6.92 Å². The minimum absolute atomic E-state index is 0.217. The number of aryl methyl sites for hydroxylation is 1. The van der Waals surface area contributed by atoms with Gasteiger partial charge in [0, 0.05) is 16.2 Å². The van der Waals surface area contributed by atoms with Crippen LogP contribution in [-0.2, 0) is 0 Å². The van der Waals surface area contributed by atoms with E-state index in [1.165, 1.54) is 6.20 Å². The molecule has 2 aromatic rings. The third-order valence-electron chi connectivity index (χ3n) is 2.61. The highest BCUT2D eigenvalue weighted by Gasteiger charge is 2.10. The van der Waals surface area contributed by atoms with E-state index in [0.29, 0.717) is 11.4 Å². The summed E-state index contributed by atoms with van der Waals surface area (Å²) >= 11 is 3.45. The molecule has 0 atom stereocenters. The van der Waals surface area contributed by atoms with Crippen LogP contribution in [0.2, 0.25) is 0 Å². The first kappa shape index (κ1) is 13.5. The van der Waals surface area contributed by atoms with Gasteiger partial charge in [-0.05, 0) is 46.6 Å². The molecule has 0 saturated heterocycles. The number of halogens is 1. The number of aromatic nitrogens is 1. The normalized spacial score (nSPS) is 10.1. The summed E-state index contributed by atoms with van der Waals surface area (Å²) in [6, 6.07) is 8.88. The minimum Gasteiger partial charge on any atom is -0.321 e. The number of nitrogens with one attached hydrogen (secondary N) is 2. The average molecular weight is 321 g/mol. The number of nitrogens with zero attached hydrogens (tertiary/aromatic N) is 1. The van der Waals surface area contributed by atoms with Gasteiger partial charge in [0.1, 0.15) is 5.82 Å². The number of carbonyl (C=O) groups excluding carboxylic acids is 1. The maximum absolute atomic E-state index is 12.1. The predicted octanol–water partition coefficient (Wildman–Crippen LogP) is 2.69. The molecule has 0 aliphatic heterocycles. The van der Waals surface area contributed by atoms with Crippen molar-refractivity contribution in [2.75, 3.05) is 10.7 Å². The Hall–Kier alpha value is -1.92. The minimum atomic E-state index is -0.217. The number of rotatable bonds is 3. The standard InChI is InChI=1S/C13H13BrN4O/c1-8-3-2-4-10(12(8)14)17-13(19)9-5-6-16-11(7-9)18-15/h2-7H,15H2,1H3,(H,16,18)(H,17,19). The monoisotopic (exact) mass is 320 g/mol. The van der Waals surface area contributed by atoms with Gasteiger partial charge in [-0.15, -0.1) is 0 Å². The molecular formula is C13H13BrN4O. The molecule has 1 heterocycles. The SMILES string of the molecule is Cc1cccc(NC(=O)c2ccnc(NN)c2)c1Br. The Morgan fingerprint density at radius 2 is 2.16 bits per heavy atom. The summed E-state index contributed by atoms with van der Waals surface area (Å²) in [6.07, 6.45) is 1.52. The molecular weight excluding hydrogens is 308 g/mol. The van der Waals surface area contributed by atoms with Crippen LogP contribution in [0.4, 0.5) is 11.5 Å². The number of nitrogens with two attached hydrogens (primary N) is 1. The fourth-order valence-electron chi connectivity index (χ4n) is 1.59. The number of hydrogen-bond acceptors (Lipinski definition) is 4. The molecule has 6 heteroatoms. The molecule has 1 aromatic carbocycles. The number of anilines is 2. The average Bonchev–Trinajstić information content (AvgIpc) is 2.44.